The lowest BCUT2D eigenvalue weighted by molar-refractivity contribution is 1.34. The molecular weight excluding hydrogens is 212 g/mol. The Hall–Kier alpha value is -2.49. The van der Waals surface area contributed by atoms with Crippen LogP contribution in [0.1, 0.15) is 0 Å². The predicted molar refractivity (Wildman–Crippen MR) is 70.4 cm³/mol. The normalized spacial score (nSPS) is 10.8. The van der Waals surface area contributed by atoms with E-state index in [0.717, 1.165) is 27.8 Å². The van der Waals surface area contributed by atoms with E-state index in [1.807, 2.05) is 30.3 Å². The van der Waals surface area contributed by atoms with E-state index >= 15 is 0 Å². The molecule has 0 aliphatic rings. The molecule has 2 aromatic heterocycles. The van der Waals surface area contributed by atoms with Gasteiger partial charge in [0.2, 0.25) is 0 Å². The summed E-state index contributed by atoms with van der Waals surface area (Å²) in [5, 5.41) is 1.06. The van der Waals surface area contributed by atoms with Crippen molar-refractivity contribution < 1.29 is 0 Å². The average molecular weight is 224 g/mol. The van der Waals surface area contributed by atoms with Gasteiger partial charge in [0.1, 0.15) is 5.82 Å². The van der Waals surface area contributed by atoms with Crippen molar-refractivity contribution >= 4 is 22.4 Å². The summed E-state index contributed by atoms with van der Waals surface area (Å²) in [7, 11) is 0. The molecule has 0 unspecified atom stereocenters. The number of aromatic amines is 1. The molecule has 3 aromatic rings. The van der Waals surface area contributed by atoms with Crippen molar-refractivity contribution in [2.75, 3.05) is 11.5 Å². The van der Waals surface area contributed by atoms with E-state index < -0.39 is 0 Å². The van der Waals surface area contributed by atoms with E-state index in [-0.39, 0.29) is 0 Å². The van der Waals surface area contributed by atoms with Gasteiger partial charge in [-0.2, -0.15) is 0 Å². The second kappa shape index (κ2) is 3.52. The first-order chi connectivity index (χ1) is 8.22. The number of hydrogen-bond acceptors (Lipinski definition) is 3. The van der Waals surface area contributed by atoms with Crippen molar-refractivity contribution in [3.63, 3.8) is 0 Å². The molecule has 0 amide bonds. The first kappa shape index (κ1) is 9.72. The summed E-state index contributed by atoms with van der Waals surface area (Å²) in [6.45, 7) is 0. The molecule has 0 bridgehead atoms. The molecule has 5 N–H and O–H groups in total. The zero-order valence-corrected chi connectivity index (χ0v) is 9.14. The number of nitrogen functional groups attached to an aromatic ring is 2. The zero-order chi connectivity index (χ0) is 11.8. The van der Waals surface area contributed by atoms with Gasteiger partial charge in [-0.05, 0) is 29.8 Å². The smallest absolute Gasteiger partial charge is 0.124 e. The summed E-state index contributed by atoms with van der Waals surface area (Å²) < 4.78 is 0. The van der Waals surface area contributed by atoms with E-state index in [1.165, 1.54) is 0 Å². The van der Waals surface area contributed by atoms with Crippen molar-refractivity contribution in [2.24, 2.45) is 0 Å². The number of H-pyrrole nitrogens is 1. The summed E-state index contributed by atoms with van der Waals surface area (Å²) in [6.07, 6.45) is 1.74. The Morgan fingerprint density at radius 3 is 2.53 bits per heavy atom. The van der Waals surface area contributed by atoms with E-state index in [9.17, 15) is 0 Å². The molecule has 84 valence electrons. The highest BCUT2D eigenvalue weighted by Gasteiger charge is 2.03. The minimum absolute atomic E-state index is 0.528. The number of benzene rings is 1. The number of nitrogens with one attached hydrogen (secondary N) is 1. The van der Waals surface area contributed by atoms with Gasteiger partial charge in [-0.3, -0.25) is 0 Å². The quantitative estimate of drug-likeness (QED) is 0.555. The molecule has 0 aliphatic carbocycles. The van der Waals surface area contributed by atoms with Crippen LogP contribution in [0.15, 0.2) is 42.6 Å². The van der Waals surface area contributed by atoms with Gasteiger partial charge in [-0.15, -0.1) is 0 Å². The van der Waals surface area contributed by atoms with Crippen LogP contribution in [-0.2, 0) is 0 Å². The molecule has 0 saturated carbocycles. The number of hydrogen-bond donors (Lipinski definition) is 3. The second-order valence-electron chi connectivity index (χ2n) is 4.00. The highest BCUT2D eigenvalue weighted by atomic mass is 14.8. The van der Waals surface area contributed by atoms with E-state index in [0.29, 0.717) is 5.82 Å². The third-order valence-corrected chi connectivity index (χ3v) is 2.75. The number of nitrogens with zero attached hydrogens (tertiary/aromatic N) is 1. The van der Waals surface area contributed by atoms with Gasteiger partial charge in [0.25, 0.3) is 0 Å². The van der Waals surface area contributed by atoms with Gasteiger partial charge in [0.15, 0.2) is 0 Å². The highest BCUT2D eigenvalue weighted by molar-refractivity contribution is 5.86. The van der Waals surface area contributed by atoms with Crippen LogP contribution in [0, 0.1) is 0 Å². The Bertz CT molecular complexity index is 667. The van der Waals surface area contributed by atoms with E-state index in [4.69, 9.17) is 11.5 Å². The summed E-state index contributed by atoms with van der Waals surface area (Å²) in [4.78, 5) is 7.35. The van der Waals surface area contributed by atoms with Crippen LogP contribution in [0.2, 0.25) is 0 Å². The predicted octanol–water partition coefficient (Wildman–Crippen LogP) is 2.39. The molecule has 4 nitrogen and oxygen atoms in total. The number of rotatable bonds is 1. The third kappa shape index (κ3) is 1.69. The van der Waals surface area contributed by atoms with Crippen molar-refractivity contribution in [3.05, 3.63) is 42.6 Å². The number of pyridine rings is 1. The maximum atomic E-state index is 5.66. The van der Waals surface area contributed by atoms with Gasteiger partial charge >= 0.3 is 0 Å². The van der Waals surface area contributed by atoms with Gasteiger partial charge < -0.3 is 16.5 Å². The van der Waals surface area contributed by atoms with Crippen LogP contribution in [0.5, 0.6) is 0 Å². The number of anilines is 2. The molecule has 4 heteroatoms. The Labute approximate surface area is 98.3 Å². The third-order valence-electron chi connectivity index (χ3n) is 2.75. The Balaban J connectivity index is 2.14. The zero-order valence-electron chi connectivity index (χ0n) is 9.14. The lowest BCUT2D eigenvalue weighted by atomic mass is 10.1. The second-order valence-corrected chi connectivity index (χ2v) is 4.00. The largest absolute Gasteiger partial charge is 0.399 e. The lowest BCUT2D eigenvalue weighted by Crippen LogP contribution is -1.87. The van der Waals surface area contributed by atoms with Crippen molar-refractivity contribution in [2.45, 2.75) is 0 Å². The topological polar surface area (TPSA) is 80.7 Å². The maximum Gasteiger partial charge on any atom is 0.124 e. The van der Waals surface area contributed by atoms with Crippen LogP contribution in [0.4, 0.5) is 11.5 Å². The minimum atomic E-state index is 0.528. The molecule has 0 fully saturated rings. The summed E-state index contributed by atoms with van der Waals surface area (Å²) in [6, 6.07) is 11.6. The lowest BCUT2D eigenvalue weighted by Gasteiger charge is -1.97. The molecule has 0 atom stereocenters. The first-order valence-electron chi connectivity index (χ1n) is 5.32. The molecule has 3 rings (SSSR count). The molecule has 2 heterocycles. The van der Waals surface area contributed by atoms with Gasteiger partial charge in [-0.25, -0.2) is 4.98 Å². The molecule has 17 heavy (non-hydrogen) atoms. The molecule has 0 spiro atoms. The van der Waals surface area contributed by atoms with Crippen LogP contribution in [0.3, 0.4) is 0 Å². The van der Waals surface area contributed by atoms with Crippen LogP contribution in [0.25, 0.3) is 22.2 Å². The van der Waals surface area contributed by atoms with Gasteiger partial charge in [0, 0.05) is 16.8 Å². The standard InChI is InChI=1S/C13H12N4/c14-10-3-1-8(2-4-10)11-5-9-6-13(15)16-7-12(9)17-11/h1-7,17H,14H2,(H2,15,16). The first-order valence-corrected chi connectivity index (χ1v) is 5.32. The Kier molecular flexibility index (Phi) is 2.01. The molecule has 0 aliphatic heterocycles. The molecule has 0 saturated heterocycles. The Morgan fingerprint density at radius 2 is 1.76 bits per heavy atom. The number of fused-ring (bicyclic) bond motifs is 1. The SMILES string of the molecule is Nc1ccc(-c2cc3cc(N)ncc3[nH]2)cc1. The molecular formula is C13H12N4. The average Bonchev–Trinajstić information content (AvgIpc) is 2.72. The van der Waals surface area contributed by atoms with E-state index in [1.54, 1.807) is 6.20 Å². The minimum Gasteiger partial charge on any atom is -0.399 e. The summed E-state index contributed by atoms with van der Waals surface area (Å²) >= 11 is 0. The fourth-order valence-corrected chi connectivity index (χ4v) is 1.87. The van der Waals surface area contributed by atoms with Crippen LogP contribution < -0.4 is 11.5 Å². The fourth-order valence-electron chi connectivity index (χ4n) is 1.87. The molecule has 1 aromatic carbocycles. The van der Waals surface area contributed by atoms with Gasteiger partial charge in [0.05, 0.1) is 11.7 Å². The summed E-state index contributed by atoms with van der Waals surface area (Å²) in [5.74, 6) is 0.528. The number of aromatic nitrogens is 2. The van der Waals surface area contributed by atoms with Crippen LogP contribution >= 0.6 is 0 Å². The number of nitrogens with two attached hydrogens (primary N) is 2. The maximum absolute atomic E-state index is 5.66. The summed E-state index contributed by atoms with van der Waals surface area (Å²) in [5.41, 5.74) is 15.2. The van der Waals surface area contributed by atoms with Crippen molar-refractivity contribution in [1.82, 2.24) is 9.97 Å². The molecule has 0 radical (unpaired) electrons. The van der Waals surface area contributed by atoms with Gasteiger partial charge in [-0.1, -0.05) is 12.1 Å². The van der Waals surface area contributed by atoms with Crippen LogP contribution in [-0.4, -0.2) is 9.97 Å². The van der Waals surface area contributed by atoms with Crippen molar-refractivity contribution in [1.29, 1.82) is 0 Å². The Morgan fingerprint density at radius 1 is 1.00 bits per heavy atom. The van der Waals surface area contributed by atoms with E-state index in [2.05, 4.69) is 16.0 Å². The highest BCUT2D eigenvalue weighted by Crippen LogP contribution is 2.25. The fraction of sp³-hybridized carbons (Fsp3) is 0. The monoisotopic (exact) mass is 224 g/mol. The van der Waals surface area contributed by atoms with Crippen molar-refractivity contribution in [3.8, 4) is 11.3 Å².